The van der Waals surface area contributed by atoms with Crippen LogP contribution in [0.1, 0.15) is 44.9 Å². The smallest absolute Gasteiger partial charge is 0.303 e. The molecular weight excluding hydrogens is 228 g/mol. The Bertz CT molecular complexity index is 335. The van der Waals surface area contributed by atoms with Crippen molar-refractivity contribution >= 4 is 12.3 Å². The number of carboxylic acids is 1. The molecule has 0 radical (unpaired) electrons. The van der Waals surface area contributed by atoms with E-state index in [1.807, 2.05) is 0 Å². The predicted octanol–water partition coefficient (Wildman–Crippen LogP) is 3.05. The van der Waals surface area contributed by atoms with Crippen molar-refractivity contribution in [2.75, 3.05) is 0 Å². The number of hydrogen-bond acceptors (Lipinski definition) is 2. The molecule has 0 saturated heterocycles. The Hall–Kier alpha value is -1.12. The highest BCUT2D eigenvalue weighted by Crippen LogP contribution is 2.52. The molecule has 0 unspecified atom stereocenters. The first kappa shape index (κ1) is 13.3. The van der Waals surface area contributed by atoms with E-state index in [0.717, 1.165) is 18.8 Å². The van der Waals surface area contributed by atoms with Crippen LogP contribution in [-0.4, -0.2) is 17.4 Å². The fourth-order valence-electron chi connectivity index (χ4n) is 3.76. The van der Waals surface area contributed by atoms with Gasteiger partial charge in [0.25, 0.3) is 0 Å². The van der Waals surface area contributed by atoms with Crippen molar-refractivity contribution in [2.45, 2.75) is 44.9 Å². The summed E-state index contributed by atoms with van der Waals surface area (Å²) in [5, 5.41) is 8.52. The van der Waals surface area contributed by atoms with Crippen LogP contribution in [0.15, 0.2) is 12.2 Å². The first-order chi connectivity index (χ1) is 8.72. The molecule has 2 rings (SSSR count). The Morgan fingerprint density at radius 3 is 2.72 bits per heavy atom. The van der Waals surface area contributed by atoms with Crippen LogP contribution in [0.5, 0.6) is 0 Å². The van der Waals surface area contributed by atoms with Gasteiger partial charge in [0.05, 0.1) is 0 Å². The maximum Gasteiger partial charge on any atom is 0.303 e. The van der Waals surface area contributed by atoms with E-state index in [4.69, 9.17) is 5.11 Å². The van der Waals surface area contributed by atoms with Crippen LogP contribution < -0.4 is 0 Å². The van der Waals surface area contributed by atoms with Gasteiger partial charge in [-0.15, -0.1) is 0 Å². The predicted molar refractivity (Wildman–Crippen MR) is 69.1 cm³/mol. The van der Waals surface area contributed by atoms with Crippen LogP contribution in [0, 0.1) is 23.7 Å². The largest absolute Gasteiger partial charge is 0.481 e. The molecule has 2 fully saturated rings. The van der Waals surface area contributed by atoms with Crippen molar-refractivity contribution in [1.82, 2.24) is 0 Å². The minimum atomic E-state index is -0.725. The van der Waals surface area contributed by atoms with Crippen molar-refractivity contribution in [3.63, 3.8) is 0 Å². The summed E-state index contributed by atoms with van der Waals surface area (Å²) in [5.74, 6) is 1.52. The third-order valence-electron chi connectivity index (χ3n) is 4.65. The molecule has 2 bridgehead atoms. The van der Waals surface area contributed by atoms with E-state index in [1.165, 1.54) is 25.5 Å². The number of rotatable bonds is 7. The lowest BCUT2D eigenvalue weighted by Gasteiger charge is -2.26. The number of carboxylic acid groups (broad SMARTS) is 1. The highest BCUT2D eigenvalue weighted by molar-refractivity contribution is 5.66. The molecule has 2 aliphatic carbocycles. The maximum absolute atomic E-state index is 11.1. The molecule has 2 saturated carbocycles. The second-order valence-electron chi connectivity index (χ2n) is 5.70. The van der Waals surface area contributed by atoms with Gasteiger partial charge in [-0.05, 0) is 56.3 Å². The topological polar surface area (TPSA) is 54.4 Å². The summed E-state index contributed by atoms with van der Waals surface area (Å²) in [6.45, 7) is 0. The average molecular weight is 250 g/mol. The summed E-state index contributed by atoms with van der Waals surface area (Å²) >= 11 is 0. The zero-order valence-electron chi connectivity index (χ0n) is 10.8. The lowest BCUT2D eigenvalue weighted by atomic mass is 9.78. The van der Waals surface area contributed by atoms with Crippen molar-refractivity contribution < 1.29 is 14.7 Å². The highest BCUT2D eigenvalue weighted by Gasteiger charge is 2.46. The van der Waals surface area contributed by atoms with Crippen LogP contribution in [-0.2, 0) is 9.59 Å². The van der Waals surface area contributed by atoms with Gasteiger partial charge in [-0.25, -0.2) is 0 Å². The molecule has 3 nitrogen and oxygen atoms in total. The molecule has 4 atom stereocenters. The molecule has 0 aliphatic heterocycles. The fraction of sp³-hybridized carbons (Fsp3) is 0.733. The van der Waals surface area contributed by atoms with Gasteiger partial charge in [-0.3, -0.25) is 4.79 Å². The molecule has 3 heteroatoms. The standard InChI is InChI=1S/C15H22O3/c16-10-14-12-8-7-11(9-12)13(14)5-3-1-2-4-6-15(17)18/h1,3,10-14H,2,4-9H2,(H,17,18)/b3-1-/t11-,12+,13+,14+/m1/s1. The number of fused-ring (bicyclic) bond motifs is 2. The first-order valence-electron chi connectivity index (χ1n) is 7.04. The molecule has 100 valence electrons. The summed E-state index contributed by atoms with van der Waals surface area (Å²) in [6.07, 6.45) is 12.0. The minimum Gasteiger partial charge on any atom is -0.481 e. The van der Waals surface area contributed by atoms with Gasteiger partial charge in [0.2, 0.25) is 0 Å². The van der Waals surface area contributed by atoms with E-state index < -0.39 is 5.97 Å². The SMILES string of the molecule is O=C[C@H]1[C@H]2CC[C@H](C2)[C@@H]1C/C=C\CCCC(=O)O. The number of hydrogen-bond donors (Lipinski definition) is 1. The number of allylic oxidation sites excluding steroid dienone is 2. The average Bonchev–Trinajstić information content (AvgIpc) is 2.93. The fourth-order valence-corrected chi connectivity index (χ4v) is 3.76. The molecule has 0 aromatic carbocycles. The normalized spacial score (nSPS) is 34.2. The number of carbonyl (C=O) groups is 2. The highest BCUT2D eigenvalue weighted by atomic mass is 16.4. The monoisotopic (exact) mass is 250 g/mol. The molecule has 18 heavy (non-hydrogen) atoms. The molecule has 0 spiro atoms. The van der Waals surface area contributed by atoms with Crippen molar-refractivity contribution in [3.05, 3.63) is 12.2 Å². The minimum absolute atomic E-state index is 0.245. The first-order valence-corrected chi connectivity index (χ1v) is 7.04. The quantitative estimate of drug-likeness (QED) is 0.429. The Morgan fingerprint density at radius 2 is 2.00 bits per heavy atom. The van der Waals surface area contributed by atoms with E-state index in [1.54, 1.807) is 0 Å². The molecule has 0 aromatic heterocycles. The number of aliphatic carboxylic acids is 1. The lowest BCUT2D eigenvalue weighted by molar-refractivity contribution is -0.137. The van der Waals surface area contributed by atoms with E-state index in [2.05, 4.69) is 12.2 Å². The summed E-state index contributed by atoms with van der Waals surface area (Å²) in [6, 6.07) is 0. The third kappa shape index (κ3) is 3.01. The van der Waals surface area contributed by atoms with Gasteiger partial charge in [0, 0.05) is 12.3 Å². The number of unbranched alkanes of at least 4 members (excludes halogenated alkanes) is 1. The summed E-state index contributed by atoms with van der Waals surface area (Å²) in [7, 11) is 0. The van der Waals surface area contributed by atoms with E-state index >= 15 is 0 Å². The van der Waals surface area contributed by atoms with Gasteiger partial charge in [-0.1, -0.05) is 12.2 Å². The number of carbonyl (C=O) groups excluding carboxylic acids is 1. The van der Waals surface area contributed by atoms with E-state index in [9.17, 15) is 9.59 Å². The number of aldehydes is 1. The Labute approximate surface area is 108 Å². The zero-order valence-corrected chi connectivity index (χ0v) is 10.8. The van der Waals surface area contributed by atoms with Crippen LogP contribution in [0.3, 0.4) is 0 Å². The summed E-state index contributed by atoms with van der Waals surface area (Å²) < 4.78 is 0. The van der Waals surface area contributed by atoms with Crippen molar-refractivity contribution in [2.24, 2.45) is 23.7 Å². The van der Waals surface area contributed by atoms with Crippen molar-refractivity contribution in [1.29, 1.82) is 0 Å². The Balaban J connectivity index is 1.71. The summed E-state index contributed by atoms with van der Waals surface area (Å²) in [5.41, 5.74) is 0. The molecule has 0 heterocycles. The van der Waals surface area contributed by atoms with Gasteiger partial charge >= 0.3 is 5.97 Å². The van der Waals surface area contributed by atoms with Gasteiger partial charge in [0.1, 0.15) is 6.29 Å². The molecule has 1 N–H and O–H groups in total. The lowest BCUT2D eigenvalue weighted by Crippen LogP contribution is -2.22. The van der Waals surface area contributed by atoms with Crippen LogP contribution >= 0.6 is 0 Å². The molecule has 2 aliphatic rings. The summed E-state index contributed by atoms with van der Waals surface area (Å²) in [4.78, 5) is 21.5. The Morgan fingerprint density at radius 1 is 1.22 bits per heavy atom. The van der Waals surface area contributed by atoms with Crippen LogP contribution in [0.4, 0.5) is 0 Å². The second-order valence-corrected chi connectivity index (χ2v) is 5.70. The third-order valence-corrected chi connectivity index (χ3v) is 4.65. The van der Waals surface area contributed by atoms with E-state index in [-0.39, 0.29) is 12.3 Å². The Kier molecular flexibility index (Phi) is 4.56. The van der Waals surface area contributed by atoms with Crippen molar-refractivity contribution in [3.8, 4) is 0 Å². The molecular formula is C15H22O3. The second kappa shape index (κ2) is 6.17. The van der Waals surface area contributed by atoms with Crippen LogP contribution in [0.25, 0.3) is 0 Å². The molecule has 0 aromatic rings. The van der Waals surface area contributed by atoms with Gasteiger partial charge in [0.15, 0.2) is 0 Å². The van der Waals surface area contributed by atoms with Gasteiger partial charge < -0.3 is 9.90 Å². The molecule has 0 amide bonds. The van der Waals surface area contributed by atoms with Gasteiger partial charge in [-0.2, -0.15) is 0 Å². The van der Waals surface area contributed by atoms with Crippen LogP contribution in [0.2, 0.25) is 0 Å². The van der Waals surface area contributed by atoms with E-state index in [0.29, 0.717) is 18.3 Å². The zero-order chi connectivity index (χ0) is 13.0. The maximum atomic E-state index is 11.1.